The van der Waals surface area contributed by atoms with Crippen LogP contribution in [0, 0.1) is 6.92 Å². The number of fused-ring (bicyclic) bond motifs is 1. The highest BCUT2D eigenvalue weighted by Crippen LogP contribution is 2.28. The average Bonchev–Trinajstić information content (AvgIpc) is 2.46. The topological polar surface area (TPSA) is 53.2 Å². The molecule has 1 amide bonds. The van der Waals surface area contributed by atoms with Crippen molar-refractivity contribution >= 4 is 11.6 Å². The fourth-order valence-corrected chi connectivity index (χ4v) is 2.67. The van der Waals surface area contributed by atoms with Crippen LogP contribution in [0.2, 0.25) is 0 Å². The molecule has 1 aliphatic rings. The Morgan fingerprint density at radius 1 is 1.30 bits per heavy atom. The first-order chi connectivity index (χ1) is 9.66. The number of hydrogen-bond acceptors (Lipinski definition) is 2. The van der Waals surface area contributed by atoms with Gasteiger partial charge in [0.05, 0.1) is 0 Å². The third-order valence-electron chi connectivity index (χ3n) is 3.65. The van der Waals surface area contributed by atoms with E-state index in [2.05, 4.69) is 11.1 Å². The Labute approximate surface area is 117 Å². The van der Waals surface area contributed by atoms with Crippen LogP contribution in [0.5, 0.6) is 0 Å². The fraction of sp³-hybridized carbons (Fsp3) is 0.250. The first-order valence-electron chi connectivity index (χ1n) is 6.75. The Morgan fingerprint density at radius 2 is 2.15 bits per heavy atom. The lowest BCUT2D eigenvalue weighted by Gasteiger charge is -2.29. The minimum Gasteiger partial charge on any atom is -0.367 e. The number of carbonyl (C=O) groups excluding carboxylic acids is 1. The van der Waals surface area contributed by atoms with Crippen molar-refractivity contribution in [2.45, 2.75) is 19.8 Å². The van der Waals surface area contributed by atoms with Crippen LogP contribution in [0.25, 0.3) is 0 Å². The van der Waals surface area contributed by atoms with E-state index in [4.69, 9.17) is 0 Å². The Bertz CT molecular complexity index is 718. The van der Waals surface area contributed by atoms with Gasteiger partial charge in [0.1, 0.15) is 5.56 Å². The first kappa shape index (κ1) is 12.7. The van der Waals surface area contributed by atoms with E-state index >= 15 is 0 Å². The van der Waals surface area contributed by atoms with Gasteiger partial charge >= 0.3 is 0 Å². The number of nitrogens with zero attached hydrogens (tertiary/aromatic N) is 1. The van der Waals surface area contributed by atoms with E-state index in [1.54, 1.807) is 4.90 Å². The minimum absolute atomic E-state index is 0.195. The van der Waals surface area contributed by atoms with Gasteiger partial charge in [-0.15, -0.1) is 0 Å². The zero-order chi connectivity index (χ0) is 14.1. The number of hydrogen-bond donors (Lipinski definition) is 1. The molecule has 0 spiro atoms. The molecule has 4 heteroatoms. The molecular weight excluding hydrogens is 252 g/mol. The highest BCUT2D eigenvalue weighted by Gasteiger charge is 2.24. The SMILES string of the molecule is Cc1ccc2c(c1)CCCN2C(=O)c1c[nH]ccc1=O. The predicted octanol–water partition coefficient (Wildman–Crippen LogP) is 2.28. The third kappa shape index (κ3) is 2.13. The van der Waals surface area contributed by atoms with Crippen LogP contribution >= 0.6 is 0 Å². The Hall–Kier alpha value is -2.36. The van der Waals surface area contributed by atoms with Gasteiger partial charge in [-0.1, -0.05) is 17.7 Å². The summed E-state index contributed by atoms with van der Waals surface area (Å²) in [6, 6.07) is 7.47. The molecule has 20 heavy (non-hydrogen) atoms. The molecule has 0 atom stereocenters. The molecule has 0 saturated carbocycles. The Kier molecular flexibility index (Phi) is 3.14. The second-order valence-electron chi connectivity index (χ2n) is 5.11. The van der Waals surface area contributed by atoms with E-state index in [0.29, 0.717) is 6.54 Å². The number of pyridine rings is 1. The zero-order valence-corrected chi connectivity index (χ0v) is 11.3. The summed E-state index contributed by atoms with van der Waals surface area (Å²) < 4.78 is 0. The number of anilines is 1. The van der Waals surface area contributed by atoms with Gasteiger partial charge in [0.2, 0.25) is 0 Å². The summed E-state index contributed by atoms with van der Waals surface area (Å²) in [5.74, 6) is -0.225. The van der Waals surface area contributed by atoms with Gasteiger partial charge in [-0.25, -0.2) is 0 Å². The van der Waals surface area contributed by atoms with Gasteiger partial charge in [0.25, 0.3) is 5.91 Å². The van der Waals surface area contributed by atoms with E-state index < -0.39 is 0 Å². The molecule has 0 bridgehead atoms. The molecule has 0 fully saturated rings. The van der Waals surface area contributed by atoms with Gasteiger partial charge in [0, 0.05) is 30.7 Å². The molecule has 0 radical (unpaired) electrons. The van der Waals surface area contributed by atoms with E-state index in [9.17, 15) is 9.59 Å². The van der Waals surface area contributed by atoms with Gasteiger partial charge < -0.3 is 9.88 Å². The summed E-state index contributed by atoms with van der Waals surface area (Å²) in [5.41, 5.74) is 3.25. The zero-order valence-electron chi connectivity index (χ0n) is 11.3. The molecule has 1 aliphatic heterocycles. The quantitative estimate of drug-likeness (QED) is 0.862. The Morgan fingerprint density at radius 3 is 2.95 bits per heavy atom. The van der Waals surface area contributed by atoms with Crippen LogP contribution in [0.15, 0.2) is 41.5 Å². The third-order valence-corrected chi connectivity index (χ3v) is 3.65. The molecule has 1 N–H and O–H groups in total. The van der Waals surface area contributed by atoms with E-state index in [1.165, 1.54) is 29.6 Å². The van der Waals surface area contributed by atoms with Gasteiger partial charge in [-0.05, 0) is 31.4 Å². The predicted molar refractivity (Wildman–Crippen MR) is 78.2 cm³/mol. The van der Waals surface area contributed by atoms with Crippen molar-refractivity contribution in [2.75, 3.05) is 11.4 Å². The number of aromatic nitrogens is 1. The summed E-state index contributed by atoms with van der Waals surface area (Å²) in [4.78, 5) is 28.9. The van der Waals surface area contributed by atoms with Crippen molar-refractivity contribution in [1.82, 2.24) is 4.98 Å². The molecule has 1 aromatic carbocycles. The Balaban J connectivity index is 2.03. The smallest absolute Gasteiger partial charge is 0.263 e. The van der Waals surface area contributed by atoms with Crippen molar-refractivity contribution in [1.29, 1.82) is 0 Å². The van der Waals surface area contributed by atoms with E-state index in [0.717, 1.165) is 18.5 Å². The van der Waals surface area contributed by atoms with Crippen molar-refractivity contribution in [2.24, 2.45) is 0 Å². The molecule has 2 heterocycles. The average molecular weight is 268 g/mol. The van der Waals surface area contributed by atoms with Crippen molar-refractivity contribution < 1.29 is 4.79 Å². The van der Waals surface area contributed by atoms with Crippen LogP contribution in [0.1, 0.15) is 27.9 Å². The number of benzene rings is 1. The summed E-state index contributed by atoms with van der Waals surface area (Å²) in [6.07, 6.45) is 4.92. The number of nitrogens with one attached hydrogen (secondary N) is 1. The van der Waals surface area contributed by atoms with Gasteiger partial charge in [-0.3, -0.25) is 9.59 Å². The van der Waals surface area contributed by atoms with E-state index in [1.807, 2.05) is 19.1 Å². The van der Waals surface area contributed by atoms with Crippen LogP contribution in [0.3, 0.4) is 0 Å². The number of aromatic amines is 1. The summed E-state index contributed by atoms with van der Waals surface area (Å²) in [5, 5.41) is 0. The lowest BCUT2D eigenvalue weighted by Crippen LogP contribution is -2.37. The lowest BCUT2D eigenvalue weighted by atomic mass is 9.99. The largest absolute Gasteiger partial charge is 0.367 e. The monoisotopic (exact) mass is 268 g/mol. The number of carbonyl (C=O) groups is 1. The van der Waals surface area contributed by atoms with Crippen LogP contribution < -0.4 is 10.3 Å². The highest BCUT2D eigenvalue weighted by molar-refractivity contribution is 6.06. The first-order valence-corrected chi connectivity index (χ1v) is 6.75. The maximum absolute atomic E-state index is 12.6. The fourth-order valence-electron chi connectivity index (χ4n) is 2.67. The molecule has 1 aromatic heterocycles. The van der Waals surface area contributed by atoms with Gasteiger partial charge in [-0.2, -0.15) is 0 Å². The highest BCUT2D eigenvalue weighted by atomic mass is 16.2. The molecule has 3 rings (SSSR count). The van der Waals surface area contributed by atoms with Gasteiger partial charge in [0.15, 0.2) is 5.43 Å². The summed E-state index contributed by atoms with van der Waals surface area (Å²) >= 11 is 0. The second kappa shape index (κ2) is 4.96. The summed E-state index contributed by atoms with van der Waals surface area (Å²) in [7, 11) is 0. The number of H-pyrrole nitrogens is 1. The molecule has 4 nitrogen and oxygen atoms in total. The maximum Gasteiger partial charge on any atom is 0.263 e. The number of aryl methyl sites for hydroxylation is 2. The summed E-state index contributed by atoms with van der Waals surface area (Å²) in [6.45, 7) is 2.70. The minimum atomic E-state index is -0.243. The van der Waals surface area contributed by atoms with Crippen molar-refractivity contribution in [3.63, 3.8) is 0 Å². The van der Waals surface area contributed by atoms with Crippen molar-refractivity contribution in [3.8, 4) is 0 Å². The maximum atomic E-state index is 12.6. The molecule has 0 saturated heterocycles. The van der Waals surface area contributed by atoms with Crippen molar-refractivity contribution in [3.05, 3.63) is 63.6 Å². The van der Waals surface area contributed by atoms with Crippen LogP contribution in [-0.4, -0.2) is 17.4 Å². The molecular formula is C16H16N2O2. The number of rotatable bonds is 1. The molecule has 0 aliphatic carbocycles. The number of amides is 1. The van der Waals surface area contributed by atoms with E-state index in [-0.39, 0.29) is 16.9 Å². The molecule has 2 aromatic rings. The van der Waals surface area contributed by atoms with Crippen LogP contribution in [0.4, 0.5) is 5.69 Å². The standard InChI is InChI=1S/C16H16N2O2/c1-11-4-5-14-12(9-11)3-2-8-18(14)16(20)13-10-17-7-6-15(13)19/h4-7,9-10H,2-3,8H2,1H3,(H,17,19). The van der Waals surface area contributed by atoms with Crippen LogP contribution in [-0.2, 0) is 6.42 Å². The molecule has 102 valence electrons. The second-order valence-corrected chi connectivity index (χ2v) is 5.11. The lowest BCUT2D eigenvalue weighted by molar-refractivity contribution is 0.0983. The molecule has 0 unspecified atom stereocenters. The normalized spacial score (nSPS) is 13.9.